The summed E-state index contributed by atoms with van der Waals surface area (Å²) in [5.74, 6) is 1.54. The largest absolute Gasteiger partial charge is 0.508 e. The maximum atomic E-state index is 13.6. The van der Waals surface area contributed by atoms with Crippen LogP contribution in [0.5, 0.6) is 11.5 Å². The number of carbonyl (C=O) groups is 2. The molecule has 0 aromatic heterocycles. The second-order valence-electron chi connectivity index (χ2n) is 12.0. The Labute approximate surface area is 228 Å². The third kappa shape index (κ3) is 9.26. The lowest BCUT2D eigenvalue weighted by Crippen LogP contribution is -2.44. The number of ether oxygens (including phenoxy) is 6. The van der Waals surface area contributed by atoms with Crippen molar-refractivity contribution in [2.24, 2.45) is 11.8 Å². The van der Waals surface area contributed by atoms with Gasteiger partial charge < -0.3 is 28.4 Å². The summed E-state index contributed by atoms with van der Waals surface area (Å²) in [5.41, 5.74) is -0.468. The molecule has 216 valence electrons. The van der Waals surface area contributed by atoms with Crippen LogP contribution < -0.4 is 9.47 Å². The van der Waals surface area contributed by atoms with Crippen molar-refractivity contribution >= 4 is 12.2 Å². The van der Waals surface area contributed by atoms with Gasteiger partial charge in [0.05, 0.1) is 25.8 Å². The quantitative estimate of drug-likeness (QED) is 0.251. The average molecular weight is 538 g/mol. The first-order chi connectivity index (χ1) is 17.7. The summed E-state index contributed by atoms with van der Waals surface area (Å²) < 4.78 is 33.3. The van der Waals surface area contributed by atoms with Crippen LogP contribution in [-0.2, 0) is 18.9 Å². The lowest BCUT2D eigenvalue weighted by molar-refractivity contribution is -0.0239. The summed E-state index contributed by atoms with van der Waals surface area (Å²) in [7, 11) is 3.25. The van der Waals surface area contributed by atoms with Crippen molar-refractivity contribution in [1.82, 2.24) is 4.90 Å². The highest BCUT2D eigenvalue weighted by atomic mass is 16.7. The first-order valence-electron chi connectivity index (χ1n) is 13.3. The van der Waals surface area contributed by atoms with Crippen molar-refractivity contribution in [2.75, 3.05) is 34.0 Å². The number of methoxy groups -OCH3 is 2. The van der Waals surface area contributed by atoms with E-state index in [0.717, 1.165) is 12.0 Å². The summed E-state index contributed by atoms with van der Waals surface area (Å²) >= 11 is 0. The minimum absolute atomic E-state index is 0.00437. The van der Waals surface area contributed by atoms with E-state index in [0.29, 0.717) is 31.1 Å². The molecule has 1 aliphatic heterocycles. The molecule has 3 atom stereocenters. The van der Waals surface area contributed by atoms with E-state index in [9.17, 15) is 9.59 Å². The van der Waals surface area contributed by atoms with Gasteiger partial charge in [0.15, 0.2) is 11.5 Å². The number of carbonyl (C=O) groups excluding carboxylic acids is 2. The van der Waals surface area contributed by atoms with Crippen LogP contribution in [-0.4, -0.2) is 68.4 Å². The minimum Gasteiger partial charge on any atom is -0.493 e. The fraction of sp³-hybridized carbons (Fsp3) is 0.724. The van der Waals surface area contributed by atoms with Crippen LogP contribution >= 0.6 is 0 Å². The summed E-state index contributed by atoms with van der Waals surface area (Å²) in [6.07, 6.45) is 0.153. The number of hydrogen-bond donors (Lipinski definition) is 0. The molecule has 0 N–H and O–H groups in total. The molecule has 1 heterocycles. The van der Waals surface area contributed by atoms with E-state index in [1.807, 2.05) is 39.0 Å². The van der Waals surface area contributed by atoms with Crippen LogP contribution in [0.3, 0.4) is 0 Å². The van der Waals surface area contributed by atoms with Gasteiger partial charge in [0.2, 0.25) is 0 Å². The van der Waals surface area contributed by atoms with Crippen LogP contribution in [0.15, 0.2) is 18.2 Å². The van der Waals surface area contributed by atoms with E-state index in [1.54, 1.807) is 39.9 Å². The molecule has 1 fully saturated rings. The summed E-state index contributed by atoms with van der Waals surface area (Å²) in [5, 5.41) is 0. The number of nitrogens with zero attached hydrogens (tertiary/aromatic N) is 1. The number of benzene rings is 1. The molecule has 1 aliphatic rings. The minimum atomic E-state index is -0.762. The lowest BCUT2D eigenvalue weighted by atomic mass is 9.84. The Morgan fingerprint density at radius 2 is 1.63 bits per heavy atom. The molecule has 0 bridgehead atoms. The van der Waals surface area contributed by atoms with Gasteiger partial charge in [-0.15, -0.1) is 0 Å². The molecule has 1 aromatic carbocycles. The third-order valence-electron chi connectivity index (χ3n) is 6.17. The molecule has 0 aliphatic carbocycles. The number of hydrogen-bond acceptors (Lipinski definition) is 8. The van der Waals surface area contributed by atoms with Gasteiger partial charge in [-0.25, -0.2) is 9.59 Å². The number of rotatable bonds is 10. The van der Waals surface area contributed by atoms with Crippen molar-refractivity contribution in [3.63, 3.8) is 0 Å². The van der Waals surface area contributed by atoms with E-state index >= 15 is 0 Å². The zero-order chi connectivity index (χ0) is 28.7. The fourth-order valence-corrected chi connectivity index (χ4v) is 4.58. The van der Waals surface area contributed by atoms with E-state index in [4.69, 9.17) is 28.4 Å². The Kier molecular flexibility index (Phi) is 11.1. The van der Waals surface area contributed by atoms with Crippen LogP contribution in [0.2, 0.25) is 0 Å². The van der Waals surface area contributed by atoms with E-state index < -0.39 is 23.5 Å². The fourth-order valence-electron chi connectivity index (χ4n) is 4.58. The Bertz CT molecular complexity index is 918. The summed E-state index contributed by atoms with van der Waals surface area (Å²) in [4.78, 5) is 27.7. The van der Waals surface area contributed by atoms with Crippen LogP contribution in [0, 0.1) is 11.8 Å². The number of likely N-dealkylation sites (tertiary alicyclic amines) is 1. The topological polar surface area (TPSA) is 92.8 Å². The van der Waals surface area contributed by atoms with Crippen LogP contribution in [0.1, 0.15) is 79.8 Å². The van der Waals surface area contributed by atoms with Crippen molar-refractivity contribution in [1.29, 1.82) is 0 Å². The zero-order valence-electron chi connectivity index (χ0n) is 24.8. The monoisotopic (exact) mass is 537 g/mol. The highest BCUT2D eigenvalue weighted by Gasteiger charge is 2.48. The van der Waals surface area contributed by atoms with Gasteiger partial charge in [0.1, 0.15) is 17.8 Å². The Morgan fingerprint density at radius 1 is 0.974 bits per heavy atom. The molecular formula is C29H47NO8. The van der Waals surface area contributed by atoms with Gasteiger partial charge in [-0.3, -0.25) is 4.90 Å². The second kappa shape index (κ2) is 13.4. The molecule has 0 saturated carbocycles. The Hall–Kier alpha value is -2.68. The van der Waals surface area contributed by atoms with Crippen molar-refractivity contribution in [2.45, 2.75) is 91.5 Å². The number of amides is 1. The van der Waals surface area contributed by atoms with Crippen LogP contribution in [0.25, 0.3) is 0 Å². The normalized spacial score (nSPS) is 19.9. The molecule has 9 nitrogen and oxygen atoms in total. The van der Waals surface area contributed by atoms with Gasteiger partial charge in [-0.1, -0.05) is 19.9 Å². The van der Waals surface area contributed by atoms with E-state index in [-0.39, 0.29) is 30.5 Å². The molecule has 1 aromatic rings. The smallest absolute Gasteiger partial charge is 0.493 e. The van der Waals surface area contributed by atoms with Crippen molar-refractivity contribution in [3.8, 4) is 11.5 Å². The molecule has 1 amide bonds. The van der Waals surface area contributed by atoms with Crippen LogP contribution in [0.4, 0.5) is 9.59 Å². The van der Waals surface area contributed by atoms with E-state index in [2.05, 4.69) is 13.8 Å². The molecule has 0 radical (unpaired) electrons. The van der Waals surface area contributed by atoms with Crippen molar-refractivity contribution in [3.05, 3.63) is 23.8 Å². The first kappa shape index (κ1) is 31.5. The molecule has 9 heteroatoms. The molecule has 0 unspecified atom stereocenters. The van der Waals surface area contributed by atoms with Gasteiger partial charge >= 0.3 is 12.2 Å². The average Bonchev–Trinajstić information content (AvgIpc) is 3.18. The molecule has 0 spiro atoms. The predicted molar refractivity (Wildman–Crippen MR) is 145 cm³/mol. The standard InChI is InChI=1S/C29H47NO8/c1-19(2)22-17-21(18-36-27(32)38-29(6,7)8)30(26(31)37-28(3,4)5)25(22)20-12-13-23(34-10)24(16-20)35-15-11-14-33-9/h12-13,16,19,21-22,25H,11,14-15,17-18H2,1-10H3/t21-,22-,25-/m0/s1. The molecule has 1 saturated heterocycles. The predicted octanol–water partition coefficient (Wildman–Crippen LogP) is 6.38. The highest BCUT2D eigenvalue weighted by Crippen LogP contribution is 2.47. The van der Waals surface area contributed by atoms with Gasteiger partial charge in [0, 0.05) is 20.1 Å². The molecular weight excluding hydrogens is 490 g/mol. The third-order valence-corrected chi connectivity index (χ3v) is 6.17. The first-order valence-corrected chi connectivity index (χ1v) is 13.3. The Balaban J connectivity index is 2.44. The zero-order valence-corrected chi connectivity index (χ0v) is 24.8. The van der Waals surface area contributed by atoms with E-state index in [1.165, 1.54) is 0 Å². The van der Waals surface area contributed by atoms with Crippen molar-refractivity contribution < 1.29 is 38.0 Å². The maximum Gasteiger partial charge on any atom is 0.508 e. The lowest BCUT2D eigenvalue weighted by Gasteiger charge is -2.34. The van der Waals surface area contributed by atoms with Gasteiger partial charge in [-0.05, 0) is 77.5 Å². The van der Waals surface area contributed by atoms with Gasteiger partial charge in [0.25, 0.3) is 0 Å². The summed E-state index contributed by atoms with van der Waals surface area (Å²) in [6, 6.07) is 5.04. The van der Waals surface area contributed by atoms with Gasteiger partial charge in [-0.2, -0.15) is 0 Å². The SMILES string of the molecule is COCCCOc1cc([C@H]2[C@H](C(C)C)C[C@@H](COC(=O)OC(C)(C)C)N2C(=O)OC(C)(C)C)ccc1OC. The second-order valence-corrected chi connectivity index (χ2v) is 12.0. The molecule has 38 heavy (non-hydrogen) atoms. The molecule has 2 rings (SSSR count). The maximum absolute atomic E-state index is 13.6. The summed E-state index contributed by atoms with van der Waals surface area (Å²) in [6.45, 7) is 16.2. The Morgan fingerprint density at radius 3 is 2.18 bits per heavy atom. The highest BCUT2D eigenvalue weighted by molar-refractivity contribution is 5.70.